The molecule has 5 heteroatoms. The molecular weight excluding hydrogens is 271 g/mol. The Bertz CT molecular complexity index is 477. The molecule has 118 valence electrons. The van der Waals surface area contributed by atoms with Gasteiger partial charge in [-0.1, -0.05) is 13.0 Å². The summed E-state index contributed by atoms with van der Waals surface area (Å²) in [7, 11) is 0. The van der Waals surface area contributed by atoms with E-state index in [1.165, 1.54) is 6.07 Å². The second-order valence-corrected chi connectivity index (χ2v) is 5.39. The average molecular weight is 296 g/mol. The van der Waals surface area contributed by atoms with E-state index < -0.39 is 6.10 Å². The Kier molecular flexibility index (Phi) is 6.62. The van der Waals surface area contributed by atoms with Crippen molar-refractivity contribution in [2.45, 2.75) is 52.8 Å². The minimum atomic E-state index is -0.663. The Hall–Kier alpha value is -1.62. The van der Waals surface area contributed by atoms with E-state index in [-0.39, 0.29) is 23.8 Å². The third-order valence-corrected chi connectivity index (χ3v) is 3.06. The van der Waals surface area contributed by atoms with Crippen molar-refractivity contribution in [2.75, 3.05) is 6.54 Å². The van der Waals surface area contributed by atoms with Gasteiger partial charge in [0, 0.05) is 23.7 Å². The summed E-state index contributed by atoms with van der Waals surface area (Å²) < 4.78 is 19.5. The van der Waals surface area contributed by atoms with Crippen LogP contribution in [0.2, 0.25) is 0 Å². The molecule has 0 radical (unpaired) electrons. The third kappa shape index (κ3) is 5.34. The third-order valence-electron chi connectivity index (χ3n) is 3.06. The first-order valence-corrected chi connectivity index (χ1v) is 7.35. The molecular formula is C16H25FN2O2. The number of halogens is 1. The zero-order valence-electron chi connectivity index (χ0n) is 13.4. The molecule has 0 aliphatic carbocycles. The first-order chi connectivity index (χ1) is 9.85. The molecule has 0 aliphatic heterocycles. The number of rotatable bonds is 7. The van der Waals surface area contributed by atoms with Crippen LogP contribution >= 0.6 is 0 Å². The standard InChI is InChI=1S/C16H25FN2O2/c1-6-18-11(4)14-8-7-13(9-15(14)17)21-12(5)16(20)19-10(2)3/h7-12,18H,6H2,1-5H3,(H,19,20). The number of ether oxygens (including phenoxy) is 1. The summed E-state index contributed by atoms with van der Waals surface area (Å²) in [5.41, 5.74) is 0.587. The predicted octanol–water partition coefficient (Wildman–Crippen LogP) is 2.79. The maximum Gasteiger partial charge on any atom is 0.260 e. The number of nitrogens with one attached hydrogen (secondary N) is 2. The molecule has 0 fully saturated rings. The summed E-state index contributed by atoms with van der Waals surface area (Å²) in [5.74, 6) is -0.195. The molecule has 2 N–H and O–H groups in total. The number of amides is 1. The second-order valence-electron chi connectivity index (χ2n) is 5.39. The molecule has 1 aromatic carbocycles. The van der Waals surface area contributed by atoms with Gasteiger partial charge in [-0.15, -0.1) is 0 Å². The molecule has 0 spiro atoms. The van der Waals surface area contributed by atoms with Gasteiger partial charge in [-0.3, -0.25) is 4.79 Å². The molecule has 0 heterocycles. The Labute approximate surface area is 126 Å². The van der Waals surface area contributed by atoms with E-state index >= 15 is 0 Å². The number of carbonyl (C=O) groups excluding carboxylic acids is 1. The van der Waals surface area contributed by atoms with Crippen molar-refractivity contribution in [2.24, 2.45) is 0 Å². The molecule has 0 bridgehead atoms. The Morgan fingerprint density at radius 2 is 1.95 bits per heavy atom. The minimum absolute atomic E-state index is 0.0450. The molecule has 2 unspecified atom stereocenters. The van der Waals surface area contributed by atoms with E-state index in [0.29, 0.717) is 11.3 Å². The minimum Gasteiger partial charge on any atom is -0.481 e. The van der Waals surface area contributed by atoms with Gasteiger partial charge in [0.25, 0.3) is 5.91 Å². The number of benzene rings is 1. The summed E-state index contributed by atoms with van der Waals surface area (Å²) >= 11 is 0. The van der Waals surface area contributed by atoms with Crippen molar-refractivity contribution in [3.05, 3.63) is 29.6 Å². The largest absolute Gasteiger partial charge is 0.481 e. The fourth-order valence-corrected chi connectivity index (χ4v) is 2.01. The molecule has 1 amide bonds. The van der Waals surface area contributed by atoms with E-state index in [0.717, 1.165) is 6.54 Å². The molecule has 0 saturated heterocycles. The fraction of sp³-hybridized carbons (Fsp3) is 0.562. The van der Waals surface area contributed by atoms with Gasteiger partial charge in [-0.2, -0.15) is 0 Å². The fourth-order valence-electron chi connectivity index (χ4n) is 2.01. The molecule has 1 rings (SSSR count). The lowest BCUT2D eigenvalue weighted by molar-refractivity contribution is -0.127. The first-order valence-electron chi connectivity index (χ1n) is 7.35. The highest BCUT2D eigenvalue weighted by atomic mass is 19.1. The first kappa shape index (κ1) is 17.4. The van der Waals surface area contributed by atoms with E-state index in [9.17, 15) is 9.18 Å². The van der Waals surface area contributed by atoms with Gasteiger partial charge in [0.15, 0.2) is 6.10 Å². The van der Waals surface area contributed by atoms with Crippen LogP contribution in [0.1, 0.15) is 46.2 Å². The van der Waals surface area contributed by atoms with Crippen LogP contribution < -0.4 is 15.4 Å². The summed E-state index contributed by atoms with van der Waals surface area (Å²) in [6, 6.07) is 4.67. The molecule has 4 nitrogen and oxygen atoms in total. The monoisotopic (exact) mass is 296 g/mol. The van der Waals surface area contributed by atoms with Crippen LogP contribution in [-0.4, -0.2) is 24.6 Å². The maximum atomic E-state index is 14.1. The molecule has 1 aromatic rings. The van der Waals surface area contributed by atoms with E-state index in [1.54, 1.807) is 19.1 Å². The van der Waals surface area contributed by atoms with Gasteiger partial charge >= 0.3 is 0 Å². The van der Waals surface area contributed by atoms with Gasteiger partial charge in [0.05, 0.1) is 0 Å². The summed E-state index contributed by atoms with van der Waals surface area (Å²) in [4.78, 5) is 11.8. The highest BCUT2D eigenvalue weighted by molar-refractivity contribution is 5.80. The predicted molar refractivity (Wildman–Crippen MR) is 81.9 cm³/mol. The van der Waals surface area contributed by atoms with Crippen LogP contribution in [-0.2, 0) is 4.79 Å². The number of hydrogen-bond donors (Lipinski definition) is 2. The molecule has 0 aliphatic rings. The van der Waals surface area contributed by atoms with Crippen molar-refractivity contribution in [3.63, 3.8) is 0 Å². The zero-order valence-corrected chi connectivity index (χ0v) is 13.4. The molecule has 0 saturated carbocycles. The zero-order chi connectivity index (χ0) is 16.0. The Balaban J connectivity index is 2.73. The van der Waals surface area contributed by atoms with Gasteiger partial charge in [0.2, 0.25) is 0 Å². The maximum absolute atomic E-state index is 14.1. The van der Waals surface area contributed by atoms with Crippen LogP contribution in [0.5, 0.6) is 5.75 Å². The van der Waals surface area contributed by atoms with Crippen molar-refractivity contribution in [1.29, 1.82) is 0 Å². The summed E-state index contributed by atoms with van der Waals surface area (Å²) in [6.45, 7) is 10.0. The normalized spacial score (nSPS) is 13.9. The van der Waals surface area contributed by atoms with E-state index in [1.807, 2.05) is 27.7 Å². The van der Waals surface area contributed by atoms with Crippen LogP contribution in [0, 0.1) is 5.82 Å². The van der Waals surface area contributed by atoms with Crippen molar-refractivity contribution in [1.82, 2.24) is 10.6 Å². The lowest BCUT2D eigenvalue weighted by Gasteiger charge is -2.18. The Morgan fingerprint density at radius 3 is 2.48 bits per heavy atom. The van der Waals surface area contributed by atoms with Gasteiger partial charge < -0.3 is 15.4 Å². The SMILES string of the molecule is CCNC(C)c1ccc(OC(C)C(=O)NC(C)C)cc1F. The lowest BCUT2D eigenvalue weighted by atomic mass is 10.1. The lowest BCUT2D eigenvalue weighted by Crippen LogP contribution is -2.40. The van der Waals surface area contributed by atoms with Crippen molar-refractivity contribution >= 4 is 5.91 Å². The highest BCUT2D eigenvalue weighted by Crippen LogP contribution is 2.22. The molecule has 2 atom stereocenters. The van der Waals surface area contributed by atoms with Gasteiger partial charge in [-0.25, -0.2) is 4.39 Å². The summed E-state index contributed by atoms with van der Waals surface area (Å²) in [6.07, 6.45) is -0.663. The van der Waals surface area contributed by atoms with Crippen LogP contribution in [0.15, 0.2) is 18.2 Å². The van der Waals surface area contributed by atoms with E-state index in [4.69, 9.17) is 4.74 Å². The second kappa shape index (κ2) is 7.98. The van der Waals surface area contributed by atoms with Crippen molar-refractivity contribution < 1.29 is 13.9 Å². The molecule has 0 aromatic heterocycles. The topological polar surface area (TPSA) is 50.4 Å². The molecule has 21 heavy (non-hydrogen) atoms. The van der Waals surface area contributed by atoms with Gasteiger partial charge in [0.1, 0.15) is 11.6 Å². The average Bonchev–Trinajstić information content (AvgIpc) is 2.38. The highest BCUT2D eigenvalue weighted by Gasteiger charge is 2.17. The van der Waals surface area contributed by atoms with Crippen LogP contribution in [0.3, 0.4) is 0 Å². The van der Waals surface area contributed by atoms with Gasteiger partial charge in [-0.05, 0) is 40.3 Å². The Morgan fingerprint density at radius 1 is 1.29 bits per heavy atom. The van der Waals surface area contributed by atoms with Crippen molar-refractivity contribution in [3.8, 4) is 5.75 Å². The summed E-state index contributed by atoms with van der Waals surface area (Å²) in [5, 5.41) is 5.91. The van der Waals surface area contributed by atoms with Crippen LogP contribution in [0.4, 0.5) is 4.39 Å². The number of carbonyl (C=O) groups is 1. The van der Waals surface area contributed by atoms with Crippen LogP contribution in [0.25, 0.3) is 0 Å². The smallest absolute Gasteiger partial charge is 0.260 e. The quantitative estimate of drug-likeness (QED) is 0.813. The number of hydrogen-bond acceptors (Lipinski definition) is 3. The van der Waals surface area contributed by atoms with E-state index in [2.05, 4.69) is 10.6 Å².